The van der Waals surface area contributed by atoms with E-state index in [-0.39, 0.29) is 19.1 Å². The van der Waals surface area contributed by atoms with Crippen LogP contribution in [0.2, 0.25) is 0 Å². The van der Waals surface area contributed by atoms with E-state index in [2.05, 4.69) is 0 Å². The first-order chi connectivity index (χ1) is 8.06. The number of aliphatic carboxylic acids is 1. The highest BCUT2D eigenvalue weighted by atomic mass is 16.4. The number of hydrogen-bond donors (Lipinski definition) is 3. The summed E-state index contributed by atoms with van der Waals surface area (Å²) in [6.45, 7) is 1.80. The molecule has 0 bridgehead atoms. The molecule has 0 fully saturated rings. The predicted octanol–water partition coefficient (Wildman–Crippen LogP) is 0.986. The molecule has 17 heavy (non-hydrogen) atoms. The van der Waals surface area contributed by atoms with Crippen molar-refractivity contribution in [3.63, 3.8) is 0 Å². The molecule has 0 spiro atoms. The van der Waals surface area contributed by atoms with Gasteiger partial charge in [-0.15, -0.1) is 0 Å². The molecule has 0 aliphatic heterocycles. The minimum Gasteiger partial charge on any atom is -0.481 e. The SMILES string of the molecule is CC(CO)CC(CN)(C(=O)O)c1ccccc1. The summed E-state index contributed by atoms with van der Waals surface area (Å²) in [6, 6.07) is 8.97. The summed E-state index contributed by atoms with van der Waals surface area (Å²) in [7, 11) is 0. The normalized spacial score (nSPS) is 16.2. The number of carboxylic acid groups (broad SMARTS) is 1. The number of aliphatic hydroxyl groups is 1. The van der Waals surface area contributed by atoms with Gasteiger partial charge >= 0.3 is 5.97 Å². The number of nitrogens with two attached hydrogens (primary N) is 1. The number of benzene rings is 1. The van der Waals surface area contributed by atoms with Gasteiger partial charge in [-0.1, -0.05) is 37.3 Å². The van der Waals surface area contributed by atoms with Crippen molar-refractivity contribution in [3.05, 3.63) is 35.9 Å². The number of aliphatic hydroxyl groups excluding tert-OH is 1. The second kappa shape index (κ2) is 5.80. The molecule has 0 aromatic heterocycles. The lowest BCUT2D eigenvalue weighted by Gasteiger charge is -2.30. The van der Waals surface area contributed by atoms with E-state index >= 15 is 0 Å². The zero-order valence-electron chi connectivity index (χ0n) is 9.97. The maximum absolute atomic E-state index is 11.5. The van der Waals surface area contributed by atoms with Gasteiger partial charge in [0.15, 0.2) is 0 Å². The Bertz CT molecular complexity index is 366. The number of carbonyl (C=O) groups is 1. The van der Waals surface area contributed by atoms with Gasteiger partial charge in [-0.2, -0.15) is 0 Å². The molecule has 1 rings (SSSR count). The van der Waals surface area contributed by atoms with Gasteiger partial charge in [0.2, 0.25) is 0 Å². The van der Waals surface area contributed by atoms with Crippen molar-refractivity contribution in [2.45, 2.75) is 18.8 Å². The van der Waals surface area contributed by atoms with E-state index in [1.165, 1.54) is 0 Å². The highest BCUT2D eigenvalue weighted by Crippen LogP contribution is 2.30. The Morgan fingerprint density at radius 1 is 1.41 bits per heavy atom. The van der Waals surface area contributed by atoms with E-state index < -0.39 is 11.4 Å². The molecule has 4 N–H and O–H groups in total. The molecule has 1 aromatic rings. The van der Waals surface area contributed by atoms with Gasteiger partial charge in [0.25, 0.3) is 0 Å². The Morgan fingerprint density at radius 3 is 2.41 bits per heavy atom. The van der Waals surface area contributed by atoms with Crippen LogP contribution in [0.4, 0.5) is 0 Å². The fourth-order valence-corrected chi connectivity index (χ4v) is 2.03. The highest BCUT2D eigenvalue weighted by molar-refractivity contribution is 5.81. The van der Waals surface area contributed by atoms with Crippen molar-refractivity contribution < 1.29 is 15.0 Å². The van der Waals surface area contributed by atoms with Gasteiger partial charge in [0, 0.05) is 13.2 Å². The summed E-state index contributed by atoms with van der Waals surface area (Å²) in [5.41, 5.74) is 5.26. The molecule has 4 nitrogen and oxygen atoms in total. The lowest BCUT2D eigenvalue weighted by molar-refractivity contribution is -0.144. The molecule has 1 aromatic carbocycles. The summed E-state index contributed by atoms with van der Waals surface area (Å²) < 4.78 is 0. The van der Waals surface area contributed by atoms with Gasteiger partial charge in [-0.25, -0.2) is 0 Å². The van der Waals surface area contributed by atoms with Crippen LogP contribution in [0.3, 0.4) is 0 Å². The van der Waals surface area contributed by atoms with Crippen LogP contribution in [-0.2, 0) is 10.2 Å². The predicted molar refractivity (Wildman–Crippen MR) is 65.7 cm³/mol. The fourth-order valence-electron chi connectivity index (χ4n) is 2.03. The minimum absolute atomic E-state index is 0.0245. The molecule has 2 unspecified atom stereocenters. The highest BCUT2D eigenvalue weighted by Gasteiger charge is 2.40. The van der Waals surface area contributed by atoms with Crippen LogP contribution in [0.15, 0.2) is 30.3 Å². The average Bonchev–Trinajstić information content (AvgIpc) is 2.36. The molecule has 0 aliphatic rings. The van der Waals surface area contributed by atoms with E-state index in [4.69, 9.17) is 10.8 Å². The Hall–Kier alpha value is -1.39. The molecule has 0 saturated heterocycles. The average molecular weight is 237 g/mol. The lowest BCUT2D eigenvalue weighted by Crippen LogP contribution is -2.44. The standard InChI is InChI=1S/C13H19NO3/c1-10(8-15)7-13(9-14,12(16)17)11-5-3-2-4-6-11/h2-6,10,15H,7-9,14H2,1H3,(H,16,17). The van der Waals surface area contributed by atoms with E-state index in [0.29, 0.717) is 12.0 Å². The molecule has 94 valence electrons. The summed E-state index contributed by atoms with van der Waals surface area (Å²) in [4.78, 5) is 11.5. The van der Waals surface area contributed by atoms with Gasteiger partial charge in [0.05, 0.1) is 0 Å². The van der Waals surface area contributed by atoms with Crippen molar-refractivity contribution in [3.8, 4) is 0 Å². The maximum atomic E-state index is 11.5. The van der Waals surface area contributed by atoms with Crippen molar-refractivity contribution in [2.75, 3.05) is 13.2 Å². The van der Waals surface area contributed by atoms with Crippen LogP contribution < -0.4 is 5.73 Å². The molecule has 0 heterocycles. The second-order valence-electron chi connectivity index (χ2n) is 4.45. The van der Waals surface area contributed by atoms with E-state index in [0.717, 1.165) is 0 Å². The first-order valence-corrected chi connectivity index (χ1v) is 5.66. The molecule has 0 amide bonds. The Kier molecular flexibility index (Phi) is 4.66. The molecule has 0 saturated carbocycles. The fraction of sp³-hybridized carbons (Fsp3) is 0.462. The van der Waals surface area contributed by atoms with E-state index in [9.17, 15) is 9.90 Å². The topological polar surface area (TPSA) is 83.5 Å². The van der Waals surface area contributed by atoms with Gasteiger partial charge < -0.3 is 15.9 Å². The summed E-state index contributed by atoms with van der Waals surface area (Å²) in [6.07, 6.45) is 0.333. The van der Waals surface area contributed by atoms with Gasteiger partial charge in [-0.05, 0) is 17.9 Å². The van der Waals surface area contributed by atoms with E-state index in [1.54, 1.807) is 24.3 Å². The van der Waals surface area contributed by atoms with Crippen LogP contribution in [0.25, 0.3) is 0 Å². The molecule has 2 atom stereocenters. The molecular formula is C13H19NO3. The maximum Gasteiger partial charge on any atom is 0.315 e. The first-order valence-electron chi connectivity index (χ1n) is 5.66. The summed E-state index contributed by atoms with van der Waals surface area (Å²) in [5, 5.41) is 18.5. The summed E-state index contributed by atoms with van der Waals surface area (Å²) >= 11 is 0. The third kappa shape index (κ3) is 2.84. The molecule has 0 aliphatic carbocycles. The van der Waals surface area contributed by atoms with Crippen LogP contribution in [0, 0.1) is 5.92 Å². The Morgan fingerprint density at radius 2 is 2.00 bits per heavy atom. The van der Waals surface area contributed by atoms with Crippen LogP contribution in [0.5, 0.6) is 0 Å². The third-order valence-electron chi connectivity index (χ3n) is 3.09. The largest absolute Gasteiger partial charge is 0.481 e. The molecule has 4 heteroatoms. The minimum atomic E-state index is -1.11. The van der Waals surface area contributed by atoms with E-state index in [1.807, 2.05) is 13.0 Å². The number of carboxylic acids is 1. The van der Waals surface area contributed by atoms with Gasteiger partial charge in [0.1, 0.15) is 5.41 Å². The van der Waals surface area contributed by atoms with Crippen molar-refractivity contribution in [1.82, 2.24) is 0 Å². The van der Waals surface area contributed by atoms with Crippen molar-refractivity contribution in [2.24, 2.45) is 11.7 Å². The number of rotatable bonds is 6. The lowest BCUT2D eigenvalue weighted by atomic mass is 9.74. The number of hydrogen-bond acceptors (Lipinski definition) is 3. The van der Waals surface area contributed by atoms with Crippen LogP contribution in [-0.4, -0.2) is 29.3 Å². The molecular weight excluding hydrogens is 218 g/mol. The second-order valence-corrected chi connectivity index (χ2v) is 4.45. The van der Waals surface area contributed by atoms with Crippen molar-refractivity contribution in [1.29, 1.82) is 0 Å². The quantitative estimate of drug-likeness (QED) is 0.689. The van der Waals surface area contributed by atoms with Crippen molar-refractivity contribution >= 4 is 5.97 Å². The van der Waals surface area contributed by atoms with Crippen LogP contribution >= 0.6 is 0 Å². The smallest absolute Gasteiger partial charge is 0.315 e. The first kappa shape index (κ1) is 13.7. The zero-order chi connectivity index (χ0) is 12.9. The molecule has 0 radical (unpaired) electrons. The zero-order valence-corrected chi connectivity index (χ0v) is 9.97. The third-order valence-corrected chi connectivity index (χ3v) is 3.09. The van der Waals surface area contributed by atoms with Crippen LogP contribution in [0.1, 0.15) is 18.9 Å². The summed E-state index contributed by atoms with van der Waals surface area (Å²) in [5.74, 6) is -1.04. The monoisotopic (exact) mass is 237 g/mol. The Balaban J connectivity index is 3.14. The Labute approximate surface area is 101 Å². The van der Waals surface area contributed by atoms with Gasteiger partial charge in [-0.3, -0.25) is 4.79 Å².